The number of nitrogens with zero attached hydrogens (tertiary/aromatic N) is 1. The highest BCUT2D eigenvalue weighted by Crippen LogP contribution is 2.19. The molecule has 8 heteroatoms. The molecular weight excluding hydrogens is 384 g/mol. The van der Waals surface area contributed by atoms with Gasteiger partial charge in [-0.1, -0.05) is 49.3 Å². The van der Waals surface area contributed by atoms with Gasteiger partial charge in [0.2, 0.25) is 5.91 Å². The number of hydrogen-bond donors (Lipinski definition) is 3. The zero-order valence-corrected chi connectivity index (χ0v) is 17.1. The molecule has 156 valence electrons. The molecule has 0 aliphatic rings. The van der Waals surface area contributed by atoms with E-state index >= 15 is 0 Å². The molecule has 0 radical (unpaired) electrons. The highest BCUT2D eigenvalue weighted by atomic mass is 16.5. The molecule has 3 rings (SSSR count). The van der Waals surface area contributed by atoms with Crippen molar-refractivity contribution in [1.82, 2.24) is 15.5 Å². The molecule has 1 atom stereocenters. The zero-order valence-electron chi connectivity index (χ0n) is 17.1. The van der Waals surface area contributed by atoms with Crippen molar-refractivity contribution >= 4 is 17.5 Å². The second-order valence-corrected chi connectivity index (χ2v) is 7.48. The predicted octanol–water partition coefficient (Wildman–Crippen LogP) is 3.12. The highest BCUT2D eigenvalue weighted by molar-refractivity contribution is 6.01. The van der Waals surface area contributed by atoms with Crippen LogP contribution in [-0.2, 0) is 4.79 Å². The quantitative estimate of drug-likeness (QED) is 0.555. The molecule has 0 bridgehead atoms. The maximum absolute atomic E-state index is 12.9. The summed E-state index contributed by atoms with van der Waals surface area (Å²) < 4.78 is 4.52. The summed E-state index contributed by atoms with van der Waals surface area (Å²) in [5, 5.41) is 9.33. The Morgan fingerprint density at radius 3 is 2.57 bits per heavy atom. The second kappa shape index (κ2) is 9.21. The third kappa shape index (κ3) is 5.22. The summed E-state index contributed by atoms with van der Waals surface area (Å²) in [5.41, 5.74) is 2.48. The van der Waals surface area contributed by atoms with Crippen LogP contribution in [0.2, 0.25) is 0 Å². The van der Waals surface area contributed by atoms with Crippen LogP contribution in [0.5, 0.6) is 0 Å². The normalized spacial score (nSPS) is 11.9. The molecular formula is C22H24N4O4. The van der Waals surface area contributed by atoms with Gasteiger partial charge in [0.05, 0.1) is 0 Å². The monoisotopic (exact) mass is 408 g/mol. The minimum absolute atomic E-state index is 0.199. The Balaban J connectivity index is 1.76. The molecule has 0 aliphatic heterocycles. The number of aryl methyl sites for hydroxylation is 1. The number of aromatic amines is 1. The number of H-pyrrole nitrogens is 1. The van der Waals surface area contributed by atoms with Crippen molar-refractivity contribution in [3.05, 3.63) is 70.2 Å². The number of amides is 2. The maximum Gasteiger partial charge on any atom is 0.439 e. The smallest absolute Gasteiger partial charge is 0.340 e. The first-order valence-corrected chi connectivity index (χ1v) is 9.67. The van der Waals surface area contributed by atoms with Gasteiger partial charge >= 0.3 is 5.76 Å². The van der Waals surface area contributed by atoms with Crippen molar-refractivity contribution in [3.63, 3.8) is 0 Å². The molecule has 0 saturated carbocycles. The first kappa shape index (κ1) is 21.0. The Morgan fingerprint density at radius 2 is 1.90 bits per heavy atom. The molecule has 2 amide bonds. The van der Waals surface area contributed by atoms with Crippen LogP contribution in [0.3, 0.4) is 0 Å². The van der Waals surface area contributed by atoms with E-state index in [4.69, 9.17) is 0 Å². The van der Waals surface area contributed by atoms with E-state index in [1.54, 1.807) is 36.4 Å². The lowest BCUT2D eigenvalue weighted by Gasteiger charge is -2.21. The minimum Gasteiger partial charge on any atom is -0.340 e. The zero-order chi connectivity index (χ0) is 21.7. The predicted molar refractivity (Wildman–Crippen MR) is 113 cm³/mol. The molecule has 0 aliphatic carbocycles. The van der Waals surface area contributed by atoms with E-state index in [1.165, 1.54) is 0 Å². The van der Waals surface area contributed by atoms with Crippen LogP contribution in [0.15, 0.2) is 57.8 Å². The first-order chi connectivity index (χ1) is 14.3. The lowest BCUT2D eigenvalue weighted by molar-refractivity contribution is -0.118. The fourth-order valence-electron chi connectivity index (χ4n) is 3.09. The number of carbonyl (C=O) groups excluding carboxylic acids is 2. The van der Waals surface area contributed by atoms with E-state index in [0.717, 1.165) is 5.56 Å². The summed E-state index contributed by atoms with van der Waals surface area (Å²) in [7, 11) is 0. The van der Waals surface area contributed by atoms with Gasteiger partial charge in [-0.2, -0.15) is 0 Å². The van der Waals surface area contributed by atoms with Crippen LogP contribution in [-0.4, -0.2) is 28.0 Å². The van der Waals surface area contributed by atoms with E-state index in [1.807, 2.05) is 32.9 Å². The third-order valence-corrected chi connectivity index (χ3v) is 4.56. The largest absolute Gasteiger partial charge is 0.439 e. The molecule has 0 spiro atoms. The van der Waals surface area contributed by atoms with Crippen LogP contribution >= 0.6 is 0 Å². The lowest BCUT2D eigenvalue weighted by atomic mass is 10.0. The Labute approximate surface area is 173 Å². The van der Waals surface area contributed by atoms with Gasteiger partial charge in [-0.25, -0.2) is 4.79 Å². The summed E-state index contributed by atoms with van der Waals surface area (Å²) in [4.78, 5) is 39.3. The molecule has 30 heavy (non-hydrogen) atoms. The number of nitrogens with one attached hydrogen (secondary N) is 3. The van der Waals surface area contributed by atoms with E-state index in [9.17, 15) is 14.4 Å². The van der Waals surface area contributed by atoms with E-state index in [0.29, 0.717) is 23.2 Å². The molecule has 2 aromatic carbocycles. The van der Waals surface area contributed by atoms with Gasteiger partial charge in [-0.05, 0) is 43.0 Å². The van der Waals surface area contributed by atoms with Crippen LogP contribution in [0.1, 0.15) is 36.2 Å². The van der Waals surface area contributed by atoms with Gasteiger partial charge in [0.15, 0.2) is 5.82 Å². The first-order valence-electron chi connectivity index (χ1n) is 9.67. The van der Waals surface area contributed by atoms with Gasteiger partial charge < -0.3 is 10.6 Å². The van der Waals surface area contributed by atoms with Gasteiger partial charge in [-0.3, -0.25) is 19.1 Å². The summed E-state index contributed by atoms with van der Waals surface area (Å²) in [5.74, 6) is -0.804. The van der Waals surface area contributed by atoms with Gasteiger partial charge in [0.25, 0.3) is 5.91 Å². The van der Waals surface area contributed by atoms with Gasteiger partial charge in [0.1, 0.15) is 6.04 Å². The van der Waals surface area contributed by atoms with Crippen LogP contribution in [0, 0.1) is 12.8 Å². The van der Waals surface area contributed by atoms with Gasteiger partial charge in [0, 0.05) is 16.8 Å². The van der Waals surface area contributed by atoms with Crippen molar-refractivity contribution in [2.45, 2.75) is 33.2 Å². The molecule has 1 heterocycles. The van der Waals surface area contributed by atoms with Crippen molar-refractivity contribution in [3.8, 4) is 11.4 Å². The van der Waals surface area contributed by atoms with Crippen LogP contribution in [0.4, 0.5) is 5.69 Å². The number of benzene rings is 2. The average Bonchev–Trinajstić information content (AvgIpc) is 3.14. The van der Waals surface area contributed by atoms with Crippen LogP contribution < -0.4 is 16.4 Å². The van der Waals surface area contributed by atoms with E-state index in [-0.39, 0.29) is 23.6 Å². The summed E-state index contributed by atoms with van der Waals surface area (Å²) in [6, 6.07) is 13.4. The molecule has 1 unspecified atom stereocenters. The van der Waals surface area contributed by atoms with Crippen molar-refractivity contribution < 1.29 is 14.1 Å². The third-order valence-electron chi connectivity index (χ3n) is 4.56. The summed E-state index contributed by atoms with van der Waals surface area (Å²) in [6.07, 6.45) is 0.486. The van der Waals surface area contributed by atoms with Crippen LogP contribution in [0.25, 0.3) is 11.4 Å². The number of carbonyl (C=O) groups is 2. The number of anilines is 1. The standard InChI is InChI=1S/C22H24N4O4/c1-13(2)11-18(24-20(27)17-10-5-4-7-14(17)3)21(28)23-16-9-6-8-15(12-16)19-25-22(29)30-26-19/h4-10,12-13,18H,11H2,1-3H3,(H,23,28)(H,24,27)(H,25,26,29). The number of aromatic nitrogens is 2. The Kier molecular flexibility index (Phi) is 6.46. The Hall–Kier alpha value is -3.68. The minimum atomic E-state index is -0.701. The fourth-order valence-corrected chi connectivity index (χ4v) is 3.09. The maximum atomic E-state index is 12.9. The molecule has 0 saturated heterocycles. The fraction of sp³-hybridized carbons (Fsp3) is 0.273. The van der Waals surface area contributed by atoms with Crippen molar-refractivity contribution in [1.29, 1.82) is 0 Å². The van der Waals surface area contributed by atoms with Crippen molar-refractivity contribution in [2.75, 3.05) is 5.32 Å². The molecule has 3 aromatic rings. The average molecular weight is 408 g/mol. The van der Waals surface area contributed by atoms with Gasteiger partial charge in [-0.15, -0.1) is 0 Å². The molecule has 0 fully saturated rings. The Morgan fingerprint density at radius 1 is 1.13 bits per heavy atom. The topological polar surface area (TPSA) is 117 Å². The highest BCUT2D eigenvalue weighted by Gasteiger charge is 2.23. The Bertz CT molecular complexity index is 1100. The molecule has 8 nitrogen and oxygen atoms in total. The summed E-state index contributed by atoms with van der Waals surface area (Å²) >= 11 is 0. The number of rotatable bonds is 7. The second-order valence-electron chi connectivity index (χ2n) is 7.48. The molecule has 1 aromatic heterocycles. The van der Waals surface area contributed by atoms with E-state index in [2.05, 4.69) is 25.3 Å². The lowest BCUT2D eigenvalue weighted by Crippen LogP contribution is -2.44. The van der Waals surface area contributed by atoms with E-state index < -0.39 is 11.8 Å². The van der Waals surface area contributed by atoms with Crippen molar-refractivity contribution in [2.24, 2.45) is 5.92 Å². The number of hydrogen-bond acceptors (Lipinski definition) is 5. The molecule has 3 N–H and O–H groups in total. The SMILES string of the molecule is Cc1ccccc1C(=O)NC(CC(C)C)C(=O)Nc1cccc(-c2noc(=O)[nH]2)c1. The summed E-state index contributed by atoms with van der Waals surface area (Å²) in [6.45, 7) is 5.83.